The highest BCUT2D eigenvalue weighted by molar-refractivity contribution is 5.21. The fraction of sp³-hybridized carbons (Fsp3) is 0.333. The van der Waals surface area contributed by atoms with Crippen molar-refractivity contribution in [3.8, 4) is 0 Å². The summed E-state index contributed by atoms with van der Waals surface area (Å²) in [6.45, 7) is 1.55. The monoisotopic (exact) mass is 155 g/mol. The van der Waals surface area contributed by atoms with E-state index in [-0.39, 0.29) is 5.70 Å². The van der Waals surface area contributed by atoms with Crippen molar-refractivity contribution >= 4 is 0 Å². The maximum Gasteiger partial charge on any atom is 0.285 e. The lowest BCUT2D eigenvalue weighted by molar-refractivity contribution is -0.435. The quantitative estimate of drug-likeness (QED) is 0.410. The minimum Gasteiger partial charge on any atom is -0.365 e. The molecular weight excluding hydrogens is 146 g/mol. The van der Waals surface area contributed by atoms with Crippen molar-refractivity contribution in [1.29, 1.82) is 0 Å². The van der Waals surface area contributed by atoms with Crippen LogP contribution in [0.4, 0.5) is 0 Å². The molecule has 1 unspecified atom stereocenters. The van der Waals surface area contributed by atoms with Crippen LogP contribution in [0, 0.1) is 10.1 Å². The maximum absolute atomic E-state index is 10.4. The molecule has 0 aliphatic carbocycles. The molecule has 1 rings (SSSR count). The largest absolute Gasteiger partial charge is 0.365 e. The summed E-state index contributed by atoms with van der Waals surface area (Å²) in [5, 5.41) is 13.0. The molecule has 0 aromatic carbocycles. The molecule has 0 radical (unpaired) electrons. The number of hydrogen-bond acceptors (Lipinski definition) is 4. The Morgan fingerprint density at radius 1 is 1.82 bits per heavy atom. The molecule has 1 aliphatic rings. The van der Waals surface area contributed by atoms with Crippen LogP contribution < -0.4 is 11.1 Å². The molecule has 0 fully saturated rings. The van der Waals surface area contributed by atoms with Crippen molar-refractivity contribution < 1.29 is 4.92 Å². The first-order valence-electron chi connectivity index (χ1n) is 3.12. The number of allylic oxidation sites excluding steroid dienone is 2. The normalized spacial score (nSPS) is 29.1. The van der Waals surface area contributed by atoms with Crippen molar-refractivity contribution in [1.82, 2.24) is 5.32 Å². The summed E-state index contributed by atoms with van der Waals surface area (Å²) in [5.74, 6) is 0. The van der Waals surface area contributed by atoms with Gasteiger partial charge in [0.2, 0.25) is 0 Å². The van der Waals surface area contributed by atoms with Gasteiger partial charge in [-0.15, -0.1) is 0 Å². The Kier molecular flexibility index (Phi) is 1.66. The zero-order chi connectivity index (χ0) is 8.48. The third-order valence-corrected chi connectivity index (χ3v) is 1.46. The van der Waals surface area contributed by atoms with Gasteiger partial charge in [-0.25, -0.2) is 0 Å². The van der Waals surface area contributed by atoms with Gasteiger partial charge in [0.1, 0.15) is 0 Å². The van der Waals surface area contributed by atoms with Crippen LogP contribution in [-0.4, -0.2) is 10.6 Å². The standard InChI is InChI=1S/C6H9N3O2/c1-6(7)5(9(10)11)3-2-4-8-6/h2-4,8H,7H2,1H3. The van der Waals surface area contributed by atoms with Crippen molar-refractivity contribution in [2.24, 2.45) is 5.73 Å². The summed E-state index contributed by atoms with van der Waals surface area (Å²) in [6.07, 6.45) is 4.51. The van der Waals surface area contributed by atoms with Crippen molar-refractivity contribution in [2.45, 2.75) is 12.6 Å². The minimum absolute atomic E-state index is 0.0278. The summed E-state index contributed by atoms with van der Waals surface area (Å²) >= 11 is 0. The van der Waals surface area contributed by atoms with Crippen LogP contribution in [0.2, 0.25) is 0 Å². The van der Waals surface area contributed by atoms with Crippen molar-refractivity contribution in [3.05, 3.63) is 34.2 Å². The first kappa shape index (κ1) is 7.74. The third kappa shape index (κ3) is 1.38. The van der Waals surface area contributed by atoms with E-state index in [1.807, 2.05) is 0 Å². The van der Waals surface area contributed by atoms with Gasteiger partial charge in [-0.2, -0.15) is 0 Å². The highest BCUT2D eigenvalue weighted by Gasteiger charge is 2.33. The molecule has 0 aromatic rings. The SMILES string of the molecule is CC1(N)NC=CC=C1[N+](=O)[O-]. The van der Waals surface area contributed by atoms with E-state index >= 15 is 0 Å². The highest BCUT2D eigenvalue weighted by Crippen LogP contribution is 2.13. The smallest absolute Gasteiger partial charge is 0.285 e. The Morgan fingerprint density at radius 2 is 2.45 bits per heavy atom. The number of dihydropyridines is 1. The number of nitrogens with one attached hydrogen (secondary N) is 1. The summed E-state index contributed by atoms with van der Waals surface area (Å²) < 4.78 is 0. The lowest BCUT2D eigenvalue weighted by Gasteiger charge is -2.23. The topological polar surface area (TPSA) is 81.2 Å². The van der Waals surface area contributed by atoms with Crippen LogP contribution in [-0.2, 0) is 0 Å². The number of hydrogen-bond donors (Lipinski definition) is 2. The number of nitro groups is 1. The second-order valence-corrected chi connectivity index (χ2v) is 2.51. The average molecular weight is 155 g/mol. The van der Waals surface area contributed by atoms with Gasteiger partial charge in [0.15, 0.2) is 5.66 Å². The Labute approximate surface area is 63.7 Å². The van der Waals surface area contributed by atoms with E-state index in [0.29, 0.717) is 0 Å². The van der Waals surface area contributed by atoms with Crippen LogP contribution in [0.1, 0.15) is 6.92 Å². The number of nitrogens with zero attached hydrogens (tertiary/aromatic N) is 1. The van der Waals surface area contributed by atoms with Crippen LogP contribution in [0.5, 0.6) is 0 Å². The molecular formula is C6H9N3O2. The predicted octanol–water partition coefficient (Wildman–Crippen LogP) is -0.0612. The van der Waals surface area contributed by atoms with E-state index in [0.717, 1.165) is 0 Å². The highest BCUT2D eigenvalue weighted by atomic mass is 16.6. The molecule has 11 heavy (non-hydrogen) atoms. The number of nitrogens with two attached hydrogens (primary N) is 1. The van der Waals surface area contributed by atoms with Crippen LogP contribution in [0.3, 0.4) is 0 Å². The van der Waals surface area contributed by atoms with E-state index in [4.69, 9.17) is 5.73 Å². The summed E-state index contributed by atoms with van der Waals surface area (Å²) in [5.41, 5.74) is 4.47. The summed E-state index contributed by atoms with van der Waals surface area (Å²) in [4.78, 5) is 9.86. The van der Waals surface area contributed by atoms with Gasteiger partial charge in [-0.3, -0.25) is 15.8 Å². The van der Waals surface area contributed by atoms with E-state index < -0.39 is 10.6 Å². The molecule has 0 saturated heterocycles. The predicted molar refractivity (Wildman–Crippen MR) is 39.9 cm³/mol. The Balaban J connectivity index is 2.97. The van der Waals surface area contributed by atoms with Crippen LogP contribution >= 0.6 is 0 Å². The molecule has 0 saturated carbocycles. The molecule has 1 aliphatic heterocycles. The van der Waals surface area contributed by atoms with Gasteiger partial charge in [0, 0.05) is 6.08 Å². The van der Waals surface area contributed by atoms with Gasteiger partial charge in [-0.05, 0) is 19.2 Å². The Hall–Kier alpha value is -1.36. The van der Waals surface area contributed by atoms with Gasteiger partial charge in [0.25, 0.3) is 5.70 Å². The van der Waals surface area contributed by atoms with E-state index in [2.05, 4.69) is 5.32 Å². The molecule has 3 N–H and O–H groups in total. The second-order valence-electron chi connectivity index (χ2n) is 2.51. The molecule has 0 amide bonds. The van der Waals surface area contributed by atoms with Gasteiger partial charge in [0.05, 0.1) is 4.92 Å². The van der Waals surface area contributed by atoms with Crippen molar-refractivity contribution in [2.75, 3.05) is 0 Å². The zero-order valence-electron chi connectivity index (χ0n) is 6.07. The molecule has 5 heteroatoms. The molecule has 0 bridgehead atoms. The zero-order valence-corrected chi connectivity index (χ0v) is 6.07. The Morgan fingerprint density at radius 3 is 2.82 bits per heavy atom. The molecule has 60 valence electrons. The molecule has 5 nitrogen and oxygen atoms in total. The second kappa shape index (κ2) is 2.35. The van der Waals surface area contributed by atoms with Gasteiger partial charge >= 0.3 is 0 Å². The number of rotatable bonds is 1. The molecule has 1 atom stereocenters. The molecule has 1 heterocycles. The van der Waals surface area contributed by atoms with E-state index in [9.17, 15) is 10.1 Å². The van der Waals surface area contributed by atoms with Gasteiger partial charge < -0.3 is 5.32 Å². The fourth-order valence-corrected chi connectivity index (χ4v) is 0.858. The molecule has 0 spiro atoms. The lowest BCUT2D eigenvalue weighted by atomic mass is 10.1. The fourth-order valence-electron chi connectivity index (χ4n) is 0.858. The lowest BCUT2D eigenvalue weighted by Crippen LogP contribution is -2.52. The maximum atomic E-state index is 10.4. The molecule has 0 aromatic heterocycles. The Bertz CT molecular complexity index is 242. The third-order valence-electron chi connectivity index (χ3n) is 1.46. The average Bonchev–Trinajstić information content (AvgIpc) is 1.85. The van der Waals surface area contributed by atoms with Gasteiger partial charge in [-0.1, -0.05) is 0 Å². The summed E-state index contributed by atoms with van der Waals surface area (Å²) in [7, 11) is 0. The first-order valence-corrected chi connectivity index (χ1v) is 3.12. The van der Waals surface area contributed by atoms with Crippen LogP contribution in [0.15, 0.2) is 24.0 Å². The van der Waals surface area contributed by atoms with E-state index in [1.54, 1.807) is 19.2 Å². The van der Waals surface area contributed by atoms with Crippen molar-refractivity contribution in [3.63, 3.8) is 0 Å². The summed E-state index contributed by atoms with van der Waals surface area (Å²) in [6, 6.07) is 0. The van der Waals surface area contributed by atoms with E-state index in [1.165, 1.54) is 6.08 Å². The van der Waals surface area contributed by atoms with Crippen LogP contribution in [0.25, 0.3) is 0 Å². The first-order chi connectivity index (χ1) is 5.04. The minimum atomic E-state index is -1.06.